The van der Waals surface area contributed by atoms with Crippen LogP contribution in [0.2, 0.25) is 0 Å². The normalized spacial score (nSPS) is 17.4. The van der Waals surface area contributed by atoms with E-state index in [-0.39, 0.29) is 5.91 Å². The number of amides is 1. The molecule has 1 amide bonds. The third kappa shape index (κ3) is 4.45. The number of anilines is 2. The van der Waals surface area contributed by atoms with E-state index in [0.29, 0.717) is 17.3 Å². The van der Waals surface area contributed by atoms with Crippen molar-refractivity contribution in [2.45, 2.75) is 26.7 Å². The van der Waals surface area contributed by atoms with Crippen LogP contribution in [-0.2, 0) is 0 Å². The first-order valence-electron chi connectivity index (χ1n) is 8.68. The van der Waals surface area contributed by atoms with E-state index in [1.165, 1.54) is 11.3 Å². The largest absolute Gasteiger partial charge is 0.362 e. The molecule has 134 valence electrons. The maximum Gasteiger partial charge on any atom is 0.263 e. The van der Waals surface area contributed by atoms with E-state index in [0.717, 1.165) is 49.2 Å². The number of piperidine rings is 1. The molecule has 2 aromatic rings. The van der Waals surface area contributed by atoms with Crippen molar-refractivity contribution in [2.24, 2.45) is 5.92 Å². The maximum atomic E-state index is 12.5. The zero-order valence-corrected chi connectivity index (χ0v) is 15.5. The molecule has 1 aliphatic heterocycles. The fraction of sp³-hybridized carbons (Fsp3) is 0.529. The highest BCUT2D eigenvalue weighted by molar-refractivity contribution is 7.17. The van der Waals surface area contributed by atoms with E-state index in [1.807, 2.05) is 19.9 Å². The molecule has 0 aromatic carbocycles. The number of aromatic nitrogens is 3. The van der Waals surface area contributed by atoms with Gasteiger partial charge in [0.1, 0.15) is 4.88 Å². The Labute approximate surface area is 151 Å². The second-order valence-corrected chi connectivity index (χ2v) is 7.18. The summed E-state index contributed by atoms with van der Waals surface area (Å²) in [4.78, 5) is 28.4. The van der Waals surface area contributed by atoms with Crippen molar-refractivity contribution >= 4 is 28.3 Å². The molecule has 1 fully saturated rings. The lowest BCUT2D eigenvalue weighted by atomic mass is 9.98. The molecule has 1 saturated heterocycles. The van der Waals surface area contributed by atoms with Crippen molar-refractivity contribution in [3.63, 3.8) is 0 Å². The number of carbonyl (C=O) groups excluding carboxylic acids is 1. The number of hydrogen-bond acceptors (Lipinski definition) is 7. The molecule has 3 heterocycles. The smallest absolute Gasteiger partial charge is 0.263 e. The minimum Gasteiger partial charge on any atom is -0.362 e. The van der Waals surface area contributed by atoms with Crippen molar-refractivity contribution in [3.05, 3.63) is 29.0 Å². The van der Waals surface area contributed by atoms with E-state index >= 15 is 0 Å². The summed E-state index contributed by atoms with van der Waals surface area (Å²) < 4.78 is 0. The van der Waals surface area contributed by atoms with E-state index in [4.69, 9.17) is 0 Å². The fourth-order valence-corrected chi connectivity index (χ4v) is 3.97. The zero-order chi connectivity index (χ0) is 17.6. The van der Waals surface area contributed by atoms with E-state index < -0.39 is 0 Å². The highest BCUT2D eigenvalue weighted by atomic mass is 32.1. The monoisotopic (exact) mass is 360 g/mol. The molecule has 0 saturated carbocycles. The van der Waals surface area contributed by atoms with Crippen LogP contribution in [0.3, 0.4) is 0 Å². The molecule has 7 nitrogen and oxygen atoms in total. The second-order valence-electron chi connectivity index (χ2n) is 6.18. The average Bonchev–Trinajstić information content (AvgIpc) is 3.01. The molecule has 0 aliphatic carbocycles. The van der Waals surface area contributed by atoms with Crippen LogP contribution in [0.15, 0.2) is 18.5 Å². The second kappa shape index (κ2) is 8.24. The van der Waals surface area contributed by atoms with Crippen molar-refractivity contribution in [1.82, 2.24) is 20.3 Å². The highest BCUT2D eigenvalue weighted by Gasteiger charge is 2.23. The SMILES string of the molecule is CCNc1nc(C)c(C(=O)NC[C@H]2CCCN(c3ncccn3)C2)s1. The molecular formula is C17H24N6OS. The summed E-state index contributed by atoms with van der Waals surface area (Å²) in [7, 11) is 0. The van der Waals surface area contributed by atoms with Crippen molar-refractivity contribution in [1.29, 1.82) is 0 Å². The molecule has 8 heteroatoms. The first-order valence-corrected chi connectivity index (χ1v) is 9.50. The first kappa shape index (κ1) is 17.6. The van der Waals surface area contributed by atoms with Gasteiger partial charge in [0.05, 0.1) is 5.69 Å². The van der Waals surface area contributed by atoms with Gasteiger partial charge in [0.25, 0.3) is 5.91 Å². The van der Waals surface area contributed by atoms with Gasteiger partial charge in [-0.25, -0.2) is 15.0 Å². The quantitative estimate of drug-likeness (QED) is 0.823. The van der Waals surface area contributed by atoms with Crippen LogP contribution in [0, 0.1) is 12.8 Å². The minimum atomic E-state index is -0.0350. The van der Waals surface area contributed by atoms with E-state index in [9.17, 15) is 4.79 Å². The minimum absolute atomic E-state index is 0.0350. The van der Waals surface area contributed by atoms with E-state index in [1.54, 1.807) is 12.4 Å². The number of thiazole rings is 1. The number of aryl methyl sites for hydroxylation is 1. The Balaban J connectivity index is 1.55. The van der Waals surface area contributed by atoms with Gasteiger partial charge in [-0.15, -0.1) is 0 Å². The Morgan fingerprint density at radius 1 is 1.40 bits per heavy atom. The topological polar surface area (TPSA) is 83.0 Å². The Hall–Kier alpha value is -2.22. The average molecular weight is 360 g/mol. The molecule has 0 spiro atoms. The number of nitrogens with zero attached hydrogens (tertiary/aromatic N) is 4. The third-order valence-electron chi connectivity index (χ3n) is 4.24. The molecule has 3 rings (SSSR count). The highest BCUT2D eigenvalue weighted by Crippen LogP contribution is 2.23. The van der Waals surface area contributed by atoms with Crippen LogP contribution < -0.4 is 15.5 Å². The Morgan fingerprint density at radius 2 is 2.20 bits per heavy atom. The van der Waals surface area contributed by atoms with Gasteiger partial charge in [0, 0.05) is 38.6 Å². The lowest BCUT2D eigenvalue weighted by molar-refractivity contribution is 0.0949. The van der Waals surface area contributed by atoms with E-state index in [2.05, 4.69) is 30.5 Å². The fourth-order valence-electron chi connectivity index (χ4n) is 3.02. The molecular weight excluding hydrogens is 336 g/mol. The summed E-state index contributed by atoms with van der Waals surface area (Å²) in [6.45, 7) is 7.19. The molecule has 1 atom stereocenters. The number of nitrogens with one attached hydrogen (secondary N) is 2. The van der Waals surface area contributed by atoms with Gasteiger partial charge in [-0.1, -0.05) is 11.3 Å². The third-order valence-corrected chi connectivity index (χ3v) is 5.35. The van der Waals surface area contributed by atoms with Crippen LogP contribution in [0.1, 0.15) is 35.1 Å². The van der Waals surface area contributed by atoms with Gasteiger partial charge in [0.2, 0.25) is 5.95 Å². The molecule has 2 aromatic heterocycles. The number of carbonyl (C=O) groups is 1. The van der Waals surface area contributed by atoms with Gasteiger partial charge in [-0.05, 0) is 38.7 Å². The summed E-state index contributed by atoms with van der Waals surface area (Å²) in [6.07, 6.45) is 5.72. The molecule has 0 unspecified atom stereocenters. The first-order chi connectivity index (χ1) is 12.2. The predicted octanol–water partition coefficient (Wildman–Crippen LogP) is 2.32. The van der Waals surface area contributed by atoms with Crippen LogP contribution in [-0.4, -0.2) is 47.0 Å². The van der Waals surface area contributed by atoms with Gasteiger partial charge in [0.15, 0.2) is 5.13 Å². The summed E-state index contributed by atoms with van der Waals surface area (Å²) >= 11 is 1.41. The molecule has 1 aliphatic rings. The lowest BCUT2D eigenvalue weighted by Crippen LogP contribution is -2.41. The van der Waals surface area contributed by atoms with Gasteiger partial charge in [-0.3, -0.25) is 4.79 Å². The van der Waals surface area contributed by atoms with Crippen molar-refractivity contribution in [3.8, 4) is 0 Å². The molecule has 2 N–H and O–H groups in total. The van der Waals surface area contributed by atoms with Gasteiger partial charge in [-0.2, -0.15) is 0 Å². The van der Waals surface area contributed by atoms with Crippen LogP contribution in [0.4, 0.5) is 11.1 Å². The van der Waals surface area contributed by atoms with Gasteiger partial charge >= 0.3 is 0 Å². The maximum absolute atomic E-state index is 12.5. The number of hydrogen-bond donors (Lipinski definition) is 2. The standard InChI is InChI=1S/C17H24N6OS/c1-3-18-17-22-12(2)14(25-17)15(24)21-10-13-6-4-9-23(11-13)16-19-7-5-8-20-16/h5,7-8,13H,3-4,6,9-11H2,1-2H3,(H,18,22)(H,21,24)/t13-/m1/s1. The Bertz CT molecular complexity index is 704. The van der Waals surface area contributed by atoms with Crippen LogP contribution >= 0.6 is 11.3 Å². The summed E-state index contributed by atoms with van der Waals surface area (Å²) in [6, 6.07) is 1.82. The summed E-state index contributed by atoms with van der Waals surface area (Å²) in [5, 5.41) is 7.03. The van der Waals surface area contributed by atoms with Crippen LogP contribution in [0.5, 0.6) is 0 Å². The summed E-state index contributed by atoms with van der Waals surface area (Å²) in [5.74, 6) is 1.14. The lowest BCUT2D eigenvalue weighted by Gasteiger charge is -2.32. The number of rotatable bonds is 6. The molecule has 0 bridgehead atoms. The van der Waals surface area contributed by atoms with Crippen LogP contribution in [0.25, 0.3) is 0 Å². The predicted molar refractivity (Wildman–Crippen MR) is 100 cm³/mol. The Morgan fingerprint density at radius 3 is 2.96 bits per heavy atom. The molecule has 25 heavy (non-hydrogen) atoms. The zero-order valence-electron chi connectivity index (χ0n) is 14.7. The van der Waals surface area contributed by atoms with Gasteiger partial charge < -0.3 is 15.5 Å². The molecule has 0 radical (unpaired) electrons. The summed E-state index contributed by atoms with van der Waals surface area (Å²) in [5.41, 5.74) is 0.779. The van der Waals surface area contributed by atoms with Crippen molar-refractivity contribution < 1.29 is 4.79 Å². The Kier molecular flexibility index (Phi) is 5.80. The van der Waals surface area contributed by atoms with Crippen molar-refractivity contribution in [2.75, 3.05) is 36.4 Å².